The van der Waals surface area contributed by atoms with E-state index in [1.54, 1.807) is 24.3 Å². The fourth-order valence-electron chi connectivity index (χ4n) is 3.58. The highest BCUT2D eigenvalue weighted by atomic mass is 32.2. The molecule has 3 aromatic rings. The minimum atomic E-state index is -3.32. The molecule has 32 heavy (non-hydrogen) atoms. The normalized spacial score (nSPS) is 15.2. The maximum atomic E-state index is 12.1. The van der Waals surface area contributed by atoms with E-state index in [1.807, 2.05) is 18.2 Å². The third-order valence-corrected chi connectivity index (χ3v) is 7.36. The Morgan fingerprint density at radius 1 is 1.22 bits per heavy atom. The van der Waals surface area contributed by atoms with Crippen molar-refractivity contribution < 1.29 is 18.3 Å². The van der Waals surface area contributed by atoms with Crippen molar-refractivity contribution in [3.05, 3.63) is 53.7 Å². The number of aliphatic hydroxyl groups is 1. The number of aromatic nitrogens is 2. The number of nitrogens with one attached hydrogen (secondary N) is 3. The van der Waals surface area contributed by atoms with Crippen LogP contribution in [0.1, 0.15) is 50.0 Å². The van der Waals surface area contributed by atoms with Crippen LogP contribution in [0.4, 0.5) is 5.69 Å². The van der Waals surface area contributed by atoms with Crippen LogP contribution in [0.3, 0.4) is 0 Å². The molecule has 4 N–H and O–H groups in total. The second-order valence-electron chi connectivity index (χ2n) is 8.51. The highest BCUT2D eigenvalue weighted by molar-refractivity contribution is 7.93. The minimum absolute atomic E-state index is 0.288. The van der Waals surface area contributed by atoms with Gasteiger partial charge in [0.05, 0.1) is 22.6 Å². The average molecular weight is 459 g/mol. The Kier molecular flexibility index (Phi) is 6.68. The first-order valence-corrected chi connectivity index (χ1v) is 12.5. The second kappa shape index (κ2) is 9.48. The number of nitrogens with zero attached hydrogens (tertiary/aromatic N) is 1. The number of hydrogen-bond acceptors (Lipinski definition) is 6. The van der Waals surface area contributed by atoms with Gasteiger partial charge in [-0.2, -0.15) is 5.10 Å². The van der Waals surface area contributed by atoms with Gasteiger partial charge >= 0.3 is 0 Å². The van der Waals surface area contributed by atoms with Crippen molar-refractivity contribution in [1.29, 1.82) is 0 Å². The highest BCUT2D eigenvalue weighted by Gasteiger charge is 2.35. The largest absolute Gasteiger partial charge is 0.492 e. The zero-order valence-electron chi connectivity index (χ0n) is 18.3. The van der Waals surface area contributed by atoms with Crippen LogP contribution in [0, 0.1) is 0 Å². The van der Waals surface area contributed by atoms with E-state index in [-0.39, 0.29) is 5.25 Å². The molecule has 1 atom stereocenters. The zero-order chi connectivity index (χ0) is 22.7. The molecule has 0 bridgehead atoms. The predicted octanol–water partition coefficient (Wildman–Crippen LogP) is 3.29. The van der Waals surface area contributed by atoms with Crippen LogP contribution in [0.25, 0.3) is 10.9 Å². The molecule has 0 spiro atoms. The van der Waals surface area contributed by atoms with E-state index >= 15 is 0 Å². The van der Waals surface area contributed by atoms with E-state index in [9.17, 15) is 13.5 Å². The van der Waals surface area contributed by atoms with Gasteiger partial charge in [-0.25, -0.2) is 8.42 Å². The number of rotatable bonds is 11. The van der Waals surface area contributed by atoms with E-state index in [0.29, 0.717) is 49.7 Å². The van der Waals surface area contributed by atoms with Gasteiger partial charge in [0.25, 0.3) is 0 Å². The molecule has 4 rings (SSSR count). The van der Waals surface area contributed by atoms with Crippen LogP contribution < -0.4 is 14.8 Å². The van der Waals surface area contributed by atoms with E-state index in [0.717, 1.165) is 22.3 Å². The van der Waals surface area contributed by atoms with Crippen molar-refractivity contribution in [2.24, 2.45) is 0 Å². The van der Waals surface area contributed by atoms with Crippen LogP contribution in [-0.4, -0.2) is 48.7 Å². The van der Waals surface area contributed by atoms with Crippen LogP contribution in [0.15, 0.2) is 42.5 Å². The number of fused-ring (bicyclic) bond motifs is 1. The summed E-state index contributed by atoms with van der Waals surface area (Å²) in [5.41, 5.74) is 3.13. The van der Waals surface area contributed by atoms with Gasteiger partial charge in [-0.15, -0.1) is 0 Å². The molecule has 1 fully saturated rings. The van der Waals surface area contributed by atoms with Gasteiger partial charge < -0.3 is 15.2 Å². The molecule has 2 aromatic carbocycles. The average Bonchev–Trinajstić information content (AvgIpc) is 3.54. The van der Waals surface area contributed by atoms with Gasteiger partial charge in [0.15, 0.2) is 0 Å². The number of anilines is 1. The molecule has 1 aliphatic carbocycles. The number of ether oxygens (including phenoxy) is 1. The fraction of sp³-hybridized carbons (Fsp3) is 0.435. The third kappa shape index (κ3) is 5.40. The Morgan fingerprint density at radius 2 is 2.03 bits per heavy atom. The van der Waals surface area contributed by atoms with Gasteiger partial charge in [0.1, 0.15) is 12.4 Å². The molecule has 9 heteroatoms. The molecule has 1 aromatic heterocycles. The minimum Gasteiger partial charge on any atom is -0.492 e. The molecule has 1 unspecified atom stereocenters. The lowest BCUT2D eigenvalue weighted by Gasteiger charge is -2.14. The van der Waals surface area contributed by atoms with Gasteiger partial charge in [0.2, 0.25) is 10.0 Å². The molecular formula is C23H30N4O4S. The second-order valence-corrected chi connectivity index (χ2v) is 10.5. The number of aliphatic hydroxyl groups excluding tert-OH is 1. The number of benzene rings is 2. The summed E-state index contributed by atoms with van der Waals surface area (Å²) in [6, 6.07) is 12.8. The summed E-state index contributed by atoms with van der Waals surface area (Å²) in [6.07, 6.45) is 0.660. The number of hydrogen-bond donors (Lipinski definition) is 4. The lowest BCUT2D eigenvalue weighted by molar-refractivity contribution is 0.172. The molecule has 8 nitrogen and oxygen atoms in total. The summed E-state index contributed by atoms with van der Waals surface area (Å²) < 4.78 is 32.6. The molecule has 1 heterocycles. The molecular weight excluding hydrogens is 428 g/mol. The van der Waals surface area contributed by atoms with E-state index in [4.69, 9.17) is 4.74 Å². The van der Waals surface area contributed by atoms with Crippen molar-refractivity contribution in [2.75, 3.05) is 24.4 Å². The van der Waals surface area contributed by atoms with Crippen molar-refractivity contribution in [2.45, 2.75) is 44.0 Å². The van der Waals surface area contributed by atoms with Crippen molar-refractivity contribution >= 4 is 26.6 Å². The lowest BCUT2D eigenvalue weighted by Crippen LogP contribution is -2.26. The smallest absolute Gasteiger partial charge is 0.235 e. The molecule has 1 saturated carbocycles. The van der Waals surface area contributed by atoms with Crippen molar-refractivity contribution in [3.8, 4) is 5.75 Å². The molecule has 1 aliphatic rings. The Bertz CT molecular complexity index is 1170. The summed E-state index contributed by atoms with van der Waals surface area (Å²) in [5, 5.41) is 21.9. The summed E-state index contributed by atoms with van der Waals surface area (Å²) >= 11 is 0. The molecule has 0 saturated heterocycles. The Labute approximate surface area is 188 Å². The molecule has 0 aliphatic heterocycles. The summed E-state index contributed by atoms with van der Waals surface area (Å²) in [6.45, 7) is 5.57. The summed E-state index contributed by atoms with van der Waals surface area (Å²) in [7, 11) is -3.32. The van der Waals surface area contributed by atoms with Crippen LogP contribution in [0.2, 0.25) is 0 Å². The van der Waals surface area contributed by atoms with Crippen molar-refractivity contribution in [1.82, 2.24) is 15.5 Å². The number of H-pyrrole nitrogens is 1. The topological polar surface area (TPSA) is 116 Å². The van der Waals surface area contributed by atoms with Gasteiger partial charge in [-0.3, -0.25) is 9.82 Å². The quantitative estimate of drug-likeness (QED) is 0.328. The number of sulfonamides is 1. The van der Waals surface area contributed by atoms with Gasteiger partial charge in [0, 0.05) is 30.2 Å². The monoisotopic (exact) mass is 458 g/mol. The molecule has 172 valence electrons. The van der Waals surface area contributed by atoms with Gasteiger partial charge in [-0.05, 0) is 48.6 Å². The first-order valence-electron chi connectivity index (χ1n) is 10.9. The summed E-state index contributed by atoms with van der Waals surface area (Å²) in [4.78, 5) is 0. The van der Waals surface area contributed by atoms with Crippen LogP contribution >= 0.6 is 0 Å². The maximum absolute atomic E-state index is 12.1. The molecule has 0 radical (unpaired) electrons. The van der Waals surface area contributed by atoms with Crippen LogP contribution in [-0.2, 0) is 10.0 Å². The Balaban J connectivity index is 1.23. The zero-order valence-corrected chi connectivity index (χ0v) is 19.2. The van der Waals surface area contributed by atoms with Gasteiger partial charge in [-0.1, -0.05) is 26.0 Å². The SMILES string of the molecule is CC(C)c1n[nH]c2cc(OCCNCC(O)c3cccc(NS(=O)(=O)C4CC4)c3)ccc12. The first kappa shape index (κ1) is 22.6. The van der Waals surface area contributed by atoms with Crippen LogP contribution in [0.5, 0.6) is 5.75 Å². The Morgan fingerprint density at radius 3 is 2.78 bits per heavy atom. The van der Waals surface area contributed by atoms with E-state index in [2.05, 4.69) is 34.1 Å². The predicted molar refractivity (Wildman–Crippen MR) is 126 cm³/mol. The van der Waals surface area contributed by atoms with E-state index in [1.165, 1.54) is 0 Å². The third-order valence-electron chi connectivity index (χ3n) is 5.49. The van der Waals surface area contributed by atoms with E-state index < -0.39 is 16.1 Å². The maximum Gasteiger partial charge on any atom is 0.235 e. The highest BCUT2D eigenvalue weighted by Crippen LogP contribution is 2.30. The number of aromatic amines is 1. The van der Waals surface area contributed by atoms with Crippen molar-refractivity contribution in [3.63, 3.8) is 0 Å². The lowest BCUT2D eigenvalue weighted by atomic mass is 10.1. The Hall–Kier alpha value is -2.62. The first-order chi connectivity index (χ1) is 15.3. The fourth-order valence-corrected chi connectivity index (χ4v) is 4.96. The molecule has 0 amide bonds. The standard InChI is InChI=1S/C23H30N4O4S/c1-15(2)23-20-9-6-18(13-21(20)25-26-23)31-11-10-24-14-22(28)16-4-3-5-17(12-16)27-32(29,30)19-7-8-19/h3-6,9,12-13,15,19,22,24,27-28H,7-8,10-11,14H2,1-2H3,(H,25,26). The summed E-state index contributed by atoms with van der Waals surface area (Å²) in [5.74, 6) is 1.11.